The van der Waals surface area contributed by atoms with Crippen LogP contribution in [0.3, 0.4) is 0 Å². The average Bonchev–Trinajstić information content (AvgIpc) is 2.59. The molecule has 0 spiro atoms. The maximum Gasteiger partial charge on any atom is 0.330 e. The van der Waals surface area contributed by atoms with Crippen LogP contribution in [-0.2, 0) is 4.74 Å². The molecule has 3 atom stereocenters. The molecular formula is C9H12N2O5. The zero-order valence-electron chi connectivity index (χ0n) is 8.37. The van der Waals surface area contributed by atoms with Gasteiger partial charge in [-0.1, -0.05) is 0 Å². The van der Waals surface area contributed by atoms with E-state index in [4.69, 9.17) is 9.84 Å². The first-order valence-corrected chi connectivity index (χ1v) is 4.87. The predicted octanol–water partition coefficient (Wildman–Crippen LogP) is -1.82. The summed E-state index contributed by atoms with van der Waals surface area (Å²) in [5, 5.41) is 18.4. The van der Waals surface area contributed by atoms with Gasteiger partial charge in [0.15, 0.2) is 0 Å². The Labute approximate surface area is 89.9 Å². The number of ether oxygens (including phenoxy) is 1. The normalized spacial score (nSPS) is 29.5. The van der Waals surface area contributed by atoms with Crippen LogP contribution in [0.4, 0.5) is 0 Å². The Morgan fingerprint density at radius 3 is 2.88 bits per heavy atom. The number of aliphatic hydroxyl groups is 2. The molecule has 1 aromatic heterocycles. The van der Waals surface area contributed by atoms with Crippen LogP contribution in [-0.4, -0.2) is 38.6 Å². The molecule has 0 aliphatic carbocycles. The van der Waals surface area contributed by atoms with Crippen LogP contribution in [0.1, 0.15) is 12.6 Å². The van der Waals surface area contributed by atoms with Gasteiger partial charge < -0.3 is 14.9 Å². The van der Waals surface area contributed by atoms with Crippen LogP contribution in [0.15, 0.2) is 21.9 Å². The van der Waals surface area contributed by atoms with E-state index >= 15 is 0 Å². The van der Waals surface area contributed by atoms with Crippen molar-refractivity contribution >= 4 is 0 Å². The van der Waals surface area contributed by atoms with Crippen molar-refractivity contribution in [3.05, 3.63) is 33.1 Å². The van der Waals surface area contributed by atoms with Gasteiger partial charge in [0, 0.05) is 18.7 Å². The molecule has 7 nitrogen and oxygen atoms in total. The number of hydrogen-bond acceptors (Lipinski definition) is 5. The van der Waals surface area contributed by atoms with E-state index in [1.165, 1.54) is 16.8 Å². The molecule has 1 aliphatic rings. The summed E-state index contributed by atoms with van der Waals surface area (Å²) in [6.07, 6.45) is -0.649. The minimum Gasteiger partial charge on any atom is -0.394 e. The molecule has 16 heavy (non-hydrogen) atoms. The second-order valence-electron chi connectivity index (χ2n) is 3.63. The van der Waals surface area contributed by atoms with E-state index in [1.54, 1.807) is 0 Å². The van der Waals surface area contributed by atoms with Crippen molar-refractivity contribution in [3.8, 4) is 0 Å². The van der Waals surface area contributed by atoms with Gasteiger partial charge in [-0.25, -0.2) is 4.79 Å². The maximum atomic E-state index is 11.4. The molecule has 1 saturated heterocycles. The predicted molar refractivity (Wildman–Crippen MR) is 52.9 cm³/mol. The number of nitrogens with one attached hydrogen (secondary N) is 1. The molecular weight excluding hydrogens is 219 g/mol. The molecule has 0 bridgehead atoms. The van der Waals surface area contributed by atoms with E-state index in [-0.39, 0.29) is 13.0 Å². The number of hydrogen-bond donors (Lipinski definition) is 3. The lowest BCUT2D eigenvalue weighted by molar-refractivity contribution is -0.0459. The van der Waals surface area contributed by atoms with Crippen molar-refractivity contribution < 1.29 is 14.9 Å². The molecule has 2 rings (SSSR count). The topological polar surface area (TPSA) is 105 Å². The van der Waals surface area contributed by atoms with Crippen LogP contribution in [0.25, 0.3) is 0 Å². The molecule has 0 amide bonds. The second-order valence-corrected chi connectivity index (χ2v) is 3.63. The van der Waals surface area contributed by atoms with Gasteiger partial charge in [0.05, 0.1) is 12.7 Å². The second kappa shape index (κ2) is 4.20. The fourth-order valence-corrected chi connectivity index (χ4v) is 1.70. The van der Waals surface area contributed by atoms with Crippen LogP contribution >= 0.6 is 0 Å². The highest BCUT2D eigenvalue weighted by Crippen LogP contribution is 2.26. The number of aromatic nitrogens is 2. The Morgan fingerprint density at radius 2 is 2.31 bits per heavy atom. The molecule has 1 fully saturated rings. The van der Waals surface area contributed by atoms with E-state index in [0.717, 1.165) is 0 Å². The highest BCUT2D eigenvalue weighted by Gasteiger charge is 2.34. The fourth-order valence-electron chi connectivity index (χ4n) is 1.70. The Hall–Kier alpha value is -1.44. The summed E-state index contributed by atoms with van der Waals surface area (Å²) < 4.78 is 6.45. The van der Waals surface area contributed by atoms with E-state index in [1.807, 2.05) is 0 Å². The fraction of sp³-hybridized carbons (Fsp3) is 0.556. The minimum atomic E-state index is -0.811. The summed E-state index contributed by atoms with van der Waals surface area (Å²) in [5.74, 6) is 0. The van der Waals surface area contributed by atoms with E-state index in [2.05, 4.69) is 4.98 Å². The average molecular weight is 231 g/mol. The minimum absolute atomic E-state index is 0.206. The third-order valence-corrected chi connectivity index (χ3v) is 2.55. The molecule has 0 radical (unpaired) electrons. The largest absolute Gasteiger partial charge is 0.394 e. The maximum absolute atomic E-state index is 11.4. The number of rotatable bonds is 2. The molecule has 3 N–H and O–H groups in total. The van der Waals surface area contributed by atoms with E-state index < -0.39 is 29.7 Å². The summed E-state index contributed by atoms with van der Waals surface area (Å²) in [6.45, 7) is -0.310. The zero-order chi connectivity index (χ0) is 11.7. The molecule has 0 saturated carbocycles. The van der Waals surface area contributed by atoms with Crippen LogP contribution in [0, 0.1) is 0 Å². The van der Waals surface area contributed by atoms with Gasteiger partial charge in [-0.05, 0) is 0 Å². The Bertz CT molecular complexity index is 479. The van der Waals surface area contributed by atoms with Crippen LogP contribution in [0.2, 0.25) is 0 Å². The first kappa shape index (κ1) is 11.1. The third kappa shape index (κ3) is 1.92. The lowest BCUT2D eigenvalue weighted by atomic mass is 10.4. The van der Waals surface area contributed by atoms with Gasteiger partial charge in [-0.3, -0.25) is 14.3 Å². The molecule has 0 aromatic carbocycles. The third-order valence-electron chi connectivity index (χ3n) is 2.55. The summed E-state index contributed by atoms with van der Waals surface area (Å²) >= 11 is 0. The van der Waals surface area contributed by atoms with Crippen molar-refractivity contribution in [2.75, 3.05) is 6.61 Å². The van der Waals surface area contributed by atoms with Crippen molar-refractivity contribution in [2.24, 2.45) is 0 Å². The van der Waals surface area contributed by atoms with Gasteiger partial charge in [0.2, 0.25) is 0 Å². The first-order chi connectivity index (χ1) is 7.61. The smallest absolute Gasteiger partial charge is 0.330 e. The molecule has 7 heteroatoms. The Kier molecular flexibility index (Phi) is 2.90. The van der Waals surface area contributed by atoms with Gasteiger partial charge in [-0.2, -0.15) is 0 Å². The molecule has 1 aliphatic heterocycles. The highest BCUT2D eigenvalue weighted by molar-refractivity contribution is 4.88. The monoisotopic (exact) mass is 231 g/mol. The van der Waals surface area contributed by atoms with Crippen molar-refractivity contribution in [1.82, 2.24) is 9.55 Å². The lowest BCUT2D eigenvalue weighted by Crippen LogP contribution is -2.31. The number of nitrogens with zero attached hydrogens (tertiary/aromatic N) is 1. The first-order valence-electron chi connectivity index (χ1n) is 4.87. The summed E-state index contributed by atoms with van der Waals surface area (Å²) in [4.78, 5) is 24.3. The van der Waals surface area contributed by atoms with Crippen molar-refractivity contribution in [2.45, 2.75) is 24.9 Å². The Morgan fingerprint density at radius 1 is 1.56 bits per heavy atom. The quantitative estimate of drug-likeness (QED) is 0.520. The standard InChI is InChI=1S/C9H12N2O5/c12-4-6-5(13)3-8(16-6)11-2-1-7(14)10-9(11)15/h1-2,5-6,8,12-13H,3-4H2,(H,10,14,15)/t5-,6-,8-/m1/s1/i3+1,4+1,8+1. The van der Waals surface area contributed by atoms with Crippen molar-refractivity contribution in [3.63, 3.8) is 0 Å². The van der Waals surface area contributed by atoms with E-state index in [9.17, 15) is 14.7 Å². The molecule has 2 heterocycles. The van der Waals surface area contributed by atoms with E-state index in [0.29, 0.717) is 0 Å². The number of H-pyrrole nitrogens is 1. The number of aromatic amines is 1. The van der Waals surface area contributed by atoms with Crippen LogP contribution in [0.5, 0.6) is 0 Å². The summed E-state index contributed by atoms with van der Waals surface area (Å²) in [6, 6.07) is 1.20. The summed E-state index contributed by atoms with van der Waals surface area (Å²) in [5.41, 5.74) is -1.08. The SMILES string of the molecule is O=c1ccn([13C@H]2[13CH2][C@@H](O)[C@@H]([13CH2]O)O2)c(=O)[nH]1. The molecule has 0 unspecified atom stereocenters. The van der Waals surface area contributed by atoms with Gasteiger partial charge >= 0.3 is 5.69 Å². The van der Waals surface area contributed by atoms with Gasteiger partial charge in [0.25, 0.3) is 5.56 Å². The lowest BCUT2D eigenvalue weighted by Gasteiger charge is -2.13. The van der Waals surface area contributed by atoms with Gasteiger partial charge in [-0.15, -0.1) is 0 Å². The highest BCUT2D eigenvalue weighted by atomic mass is 16.6. The Balaban J connectivity index is 2.27. The molecule has 1 aromatic rings. The zero-order valence-corrected chi connectivity index (χ0v) is 8.37. The molecule has 88 valence electrons. The van der Waals surface area contributed by atoms with Crippen molar-refractivity contribution in [1.29, 1.82) is 0 Å². The van der Waals surface area contributed by atoms with Gasteiger partial charge in [0.1, 0.15) is 12.3 Å². The summed E-state index contributed by atoms with van der Waals surface area (Å²) in [7, 11) is 0. The van der Waals surface area contributed by atoms with Crippen LogP contribution < -0.4 is 11.2 Å². The number of aliphatic hydroxyl groups excluding tert-OH is 2.